The van der Waals surface area contributed by atoms with Gasteiger partial charge in [-0.25, -0.2) is 4.79 Å². The Labute approximate surface area is 134 Å². The van der Waals surface area contributed by atoms with Gasteiger partial charge < -0.3 is 10.0 Å². The summed E-state index contributed by atoms with van der Waals surface area (Å²) >= 11 is 10.8. The van der Waals surface area contributed by atoms with Crippen LogP contribution in [-0.4, -0.2) is 39.1 Å². The summed E-state index contributed by atoms with van der Waals surface area (Å²) in [5.74, 6) is -0.835. The van der Waals surface area contributed by atoms with Crippen LogP contribution in [0.3, 0.4) is 0 Å². The molecule has 0 radical (unpaired) electrons. The Kier molecular flexibility index (Phi) is 4.99. The molecule has 1 heterocycles. The first kappa shape index (κ1) is 15.7. The van der Waals surface area contributed by atoms with E-state index in [1.807, 2.05) is 6.92 Å². The molecule has 1 aliphatic heterocycles. The van der Waals surface area contributed by atoms with Crippen molar-refractivity contribution >= 4 is 51.2 Å². The van der Waals surface area contributed by atoms with E-state index in [0.717, 1.165) is 0 Å². The van der Waals surface area contributed by atoms with Gasteiger partial charge in [0.1, 0.15) is 6.04 Å². The van der Waals surface area contributed by atoms with E-state index in [9.17, 15) is 14.7 Å². The lowest BCUT2D eigenvalue weighted by Gasteiger charge is -2.26. The van der Waals surface area contributed by atoms with Crippen molar-refractivity contribution in [3.63, 3.8) is 0 Å². The molecule has 2 atom stereocenters. The fourth-order valence-electron chi connectivity index (χ4n) is 2.12. The summed E-state index contributed by atoms with van der Waals surface area (Å²) in [6.45, 7) is 1.94. The molecule has 0 aromatic heterocycles. The van der Waals surface area contributed by atoms with Crippen molar-refractivity contribution in [3.8, 4) is 0 Å². The third-order valence-corrected chi connectivity index (χ3v) is 5.81. The summed E-state index contributed by atoms with van der Waals surface area (Å²) in [6.07, 6.45) is 0.713. The second kappa shape index (κ2) is 6.37. The van der Waals surface area contributed by atoms with Crippen molar-refractivity contribution < 1.29 is 14.7 Å². The molecule has 1 saturated heterocycles. The van der Waals surface area contributed by atoms with E-state index >= 15 is 0 Å². The van der Waals surface area contributed by atoms with Gasteiger partial charge in [-0.2, -0.15) is 0 Å². The highest BCUT2D eigenvalue weighted by molar-refractivity contribution is 9.10. The first-order chi connectivity index (χ1) is 9.45. The van der Waals surface area contributed by atoms with Gasteiger partial charge in [0.2, 0.25) is 0 Å². The average molecular weight is 379 g/mol. The number of halogens is 2. The van der Waals surface area contributed by atoms with Gasteiger partial charge in [0, 0.05) is 15.8 Å². The van der Waals surface area contributed by atoms with Crippen LogP contribution < -0.4 is 0 Å². The van der Waals surface area contributed by atoms with Crippen LogP contribution in [0, 0.1) is 0 Å². The number of hydrogen-bond acceptors (Lipinski definition) is 3. The molecule has 2 unspecified atom stereocenters. The Hall–Kier alpha value is -0.720. The molecule has 1 fully saturated rings. The van der Waals surface area contributed by atoms with Gasteiger partial charge in [-0.3, -0.25) is 4.79 Å². The summed E-state index contributed by atoms with van der Waals surface area (Å²) in [5.41, 5.74) is 0.408. The molecular formula is C13H13BrClNO3S. The third-order valence-electron chi connectivity index (χ3n) is 3.13. The van der Waals surface area contributed by atoms with Crippen LogP contribution in [0.4, 0.5) is 0 Å². The Bertz CT molecular complexity index is 554. The first-order valence-electron chi connectivity index (χ1n) is 6.07. The molecule has 1 aromatic rings. The lowest BCUT2D eigenvalue weighted by atomic mass is 10.1. The number of rotatable bonds is 3. The maximum absolute atomic E-state index is 12.6. The number of carbonyl (C=O) groups is 2. The number of nitrogens with zero attached hydrogens (tertiary/aromatic N) is 1. The fourth-order valence-corrected chi connectivity index (χ4v) is 3.89. The molecule has 108 valence electrons. The predicted octanol–water partition coefficient (Wildman–Crippen LogP) is 3.48. The van der Waals surface area contributed by atoms with E-state index in [0.29, 0.717) is 27.2 Å². The van der Waals surface area contributed by atoms with Crippen LogP contribution in [0.25, 0.3) is 0 Å². The SMILES string of the molecule is CCC1SCC(C(=O)O)N1C(=O)c1ccc(Br)c(Cl)c1. The highest BCUT2D eigenvalue weighted by atomic mass is 79.9. The smallest absolute Gasteiger partial charge is 0.327 e. The lowest BCUT2D eigenvalue weighted by molar-refractivity contribution is -0.141. The van der Waals surface area contributed by atoms with Gasteiger partial charge in [-0.1, -0.05) is 18.5 Å². The van der Waals surface area contributed by atoms with Gasteiger partial charge in [-0.15, -0.1) is 11.8 Å². The molecule has 0 spiro atoms. The standard InChI is InChI=1S/C13H13BrClNO3S/c1-2-11-16(10(6-20-11)13(18)19)12(17)7-3-4-8(14)9(15)5-7/h3-5,10-11H,2,6H2,1H3,(H,18,19). The minimum Gasteiger partial charge on any atom is -0.480 e. The van der Waals surface area contributed by atoms with Crippen molar-refractivity contribution in [1.82, 2.24) is 4.90 Å². The molecule has 1 aliphatic rings. The maximum atomic E-state index is 12.6. The third kappa shape index (κ3) is 2.97. The Morgan fingerprint density at radius 1 is 1.55 bits per heavy atom. The molecule has 20 heavy (non-hydrogen) atoms. The van der Waals surface area contributed by atoms with E-state index in [1.54, 1.807) is 18.2 Å². The summed E-state index contributed by atoms with van der Waals surface area (Å²) in [7, 11) is 0. The normalized spacial score (nSPS) is 22.1. The minimum atomic E-state index is -0.968. The van der Waals surface area contributed by atoms with Crippen molar-refractivity contribution in [2.24, 2.45) is 0 Å². The second-order valence-electron chi connectivity index (χ2n) is 4.39. The number of carboxylic acid groups (broad SMARTS) is 1. The van der Waals surface area contributed by atoms with Crippen LogP contribution in [0.1, 0.15) is 23.7 Å². The zero-order valence-corrected chi connectivity index (χ0v) is 13.8. The van der Waals surface area contributed by atoms with E-state index in [-0.39, 0.29) is 11.3 Å². The molecule has 1 N–H and O–H groups in total. The average Bonchev–Trinajstić information content (AvgIpc) is 2.85. The van der Waals surface area contributed by atoms with E-state index in [2.05, 4.69) is 15.9 Å². The Morgan fingerprint density at radius 3 is 2.80 bits per heavy atom. The van der Waals surface area contributed by atoms with Gasteiger partial charge in [-0.05, 0) is 40.5 Å². The zero-order chi connectivity index (χ0) is 14.9. The molecular weight excluding hydrogens is 366 g/mol. The fraction of sp³-hybridized carbons (Fsp3) is 0.385. The van der Waals surface area contributed by atoms with Gasteiger partial charge >= 0.3 is 5.97 Å². The molecule has 0 bridgehead atoms. The van der Waals surface area contributed by atoms with Crippen LogP contribution in [0.5, 0.6) is 0 Å². The predicted molar refractivity (Wildman–Crippen MR) is 83.3 cm³/mol. The van der Waals surface area contributed by atoms with Gasteiger partial charge in [0.15, 0.2) is 0 Å². The quantitative estimate of drug-likeness (QED) is 0.875. The summed E-state index contributed by atoms with van der Waals surface area (Å²) < 4.78 is 0.702. The second-order valence-corrected chi connectivity index (χ2v) is 6.86. The summed E-state index contributed by atoms with van der Waals surface area (Å²) in [5, 5.41) is 9.58. The summed E-state index contributed by atoms with van der Waals surface area (Å²) in [6, 6.07) is 4.12. The van der Waals surface area contributed by atoms with Crippen LogP contribution in [0.15, 0.2) is 22.7 Å². The Morgan fingerprint density at radius 2 is 2.25 bits per heavy atom. The number of amides is 1. The largest absolute Gasteiger partial charge is 0.480 e. The van der Waals surface area contributed by atoms with E-state index in [1.165, 1.54) is 16.7 Å². The van der Waals surface area contributed by atoms with Crippen molar-refractivity contribution in [2.45, 2.75) is 24.8 Å². The highest BCUT2D eigenvalue weighted by Gasteiger charge is 2.41. The van der Waals surface area contributed by atoms with Gasteiger partial charge in [0.25, 0.3) is 5.91 Å². The lowest BCUT2D eigenvalue weighted by Crippen LogP contribution is -2.45. The molecule has 7 heteroatoms. The number of aliphatic carboxylic acids is 1. The first-order valence-corrected chi connectivity index (χ1v) is 8.29. The minimum absolute atomic E-state index is 0.106. The van der Waals surface area contributed by atoms with Crippen LogP contribution >= 0.6 is 39.3 Å². The van der Waals surface area contributed by atoms with Crippen molar-refractivity contribution in [1.29, 1.82) is 0 Å². The number of carboxylic acids is 1. The summed E-state index contributed by atoms with van der Waals surface area (Å²) in [4.78, 5) is 25.3. The van der Waals surface area contributed by atoms with E-state index < -0.39 is 12.0 Å². The molecule has 4 nitrogen and oxygen atoms in total. The number of hydrogen-bond donors (Lipinski definition) is 1. The Balaban J connectivity index is 2.33. The van der Waals surface area contributed by atoms with Crippen molar-refractivity contribution in [2.75, 3.05) is 5.75 Å². The van der Waals surface area contributed by atoms with Crippen molar-refractivity contribution in [3.05, 3.63) is 33.3 Å². The topological polar surface area (TPSA) is 57.6 Å². The number of carbonyl (C=O) groups excluding carboxylic acids is 1. The molecule has 1 amide bonds. The number of benzene rings is 1. The number of thioether (sulfide) groups is 1. The highest BCUT2D eigenvalue weighted by Crippen LogP contribution is 2.33. The van der Waals surface area contributed by atoms with Gasteiger partial charge in [0.05, 0.1) is 10.4 Å². The molecule has 1 aromatic carbocycles. The van der Waals surface area contributed by atoms with Crippen LogP contribution in [0.2, 0.25) is 5.02 Å². The molecule has 0 aliphatic carbocycles. The van der Waals surface area contributed by atoms with Crippen LogP contribution in [-0.2, 0) is 4.79 Å². The molecule has 2 rings (SSSR count). The van der Waals surface area contributed by atoms with E-state index in [4.69, 9.17) is 11.6 Å². The monoisotopic (exact) mass is 377 g/mol. The maximum Gasteiger partial charge on any atom is 0.327 e. The molecule has 0 saturated carbocycles. The zero-order valence-electron chi connectivity index (χ0n) is 10.7.